The molecule has 2 aromatic rings. The quantitative estimate of drug-likeness (QED) is 0.903. The fourth-order valence-electron chi connectivity index (χ4n) is 2.25. The number of benzene rings is 1. The second kappa shape index (κ2) is 5.83. The van der Waals surface area contributed by atoms with E-state index in [1.807, 2.05) is 34.9 Å². The molecule has 2 heterocycles. The van der Waals surface area contributed by atoms with E-state index >= 15 is 0 Å². The van der Waals surface area contributed by atoms with Crippen molar-refractivity contribution < 1.29 is 9.53 Å². The van der Waals surface area contributed by atoms with E-state index in [9.17, 15) is 4.79 Å². The summed E-state index contributed by atoms with van der Waals surface area (Å²) in [6.07, 6.45) is 3.06. The Morgan fingerprint density at radius 1 is 1.40 bits per heavy atom. The largest absolute Gasteiger partial charge is 0.368 e. The van der Waals surface area contributed by atoms with Crippen molar-refractivity contribution in [1.82, 2.24) is 20.1 Å². The van der Waals surface area contributed by atoms with Crippen LogP contribution in [0.25, 0.3) is 5.69 Å². The fraction of sp³-hybridized carbons (Fsp3) is 0.357. The maximum atomic E-state index is 11.9. The van der Waals surface area contributed by atoms with Crippen LogP contribution in [-0.2, 0) is 16.1 Å². The van der Waals surface area contributed by atoms with E-state index < -0.39 is 0 Å². The van der Waals surface area contributed by atoms with Gasteiger partial charge in [0.15, 0.2) is 5.82 Å². The normalized spacial score (nSPS) is 18.1. The Labute approximate surface area is 116 Å². The molecular weight excluding hydrogens is 256 g/mol. The summed E-state index contributed by atoms with van der Waals surface area (Å²) in [6, 6.07) is 9.78. The van der Waals surface area contributed by atoms with Crippen LogP contribution >= 0.6 is 0 Å². The molecule has 1 atom stereocenters. The first-order valence-corrected chi connectivity index (χ1v) is 6.68. The number of aromatic nitrogens is 3. The van der Waals surface area contributed by atoms with Gasteiger partial charge in [0, 0.05) is 12.3 Å². The number of carbonyl (C=O) groups is 1. The number of amides is 1. The van der Waals surface area contributed by atoms with Crippen molar-refractivity contribution in [2.45, 2.75) is 25.5 Å². The molecule has 3 rings (SSSR count). The zero-order valence-corrected chi connectivity index (χ0v) is 11.0. The molecule has 1 amide bonds. The third-order valence-electron chi connectivity index (χ3n) is 3.30. The molecule has 0 bridgehead atoms. The second-order valence-corrected chi connectivity index (χ2v) is 4.67. The molecular formula is C14H16N4O2. The summed E-state index contributed by atoms with van der Waals surface area (Å²) in [5.74, 6) is 0.618. The summed E-state index contributed by atoms with van der Waals surface area (Å²) in [6.45, 7) is 1.01. The molecule has 1 unspecified atom stereocenters. The average Bonchev–Trinajstić information content (AvgIpc) is 3.17. The van der Waals surface area contributed by atoms with Gasteiger partial charge in [-0.25, -0.2) is 0 Å². The van der Waals surface area contributed by atoms with E-state index in [4.69, 9.17) is 4.74 Å². The molecule has 0 spiro atoms. The Morgan fingerprint density at radius 3 is 3.00 bits per heavy atom. The number of carbonyl (C=O) groups excluding carboxylic acids is 1. The predicted molar refractivity (Wildman–Crippen MR) is 72.2 cm³/mol. The lowest BCUT2D eigenvalue weighted by Gasteiger charge is -2.11. The molecule has 1 saturated heterocycles. The summed E-state index contributed by atoms with van der Waals surface area (Å²) in [7, 11) is 0. The van der Waals surface area contributed by atoms with Crippen molar-refractivity contribution in [2.75, 3.05) is 6.61 Å². The summed E-state index contributed by atoms with van der Waals surface area (Å²) in [5, 5.41) is 10.8. The van der Waals surface area contributed by atoms with Crippen LogP contribution in [-0.4, -0.2) is 33.4 Å². The summed E-state index contributed by atoms with van der Waals surface area (Å²) in [5.41, 5.74) is 0.971. The molecule has 20 heavy (non-hydrogen) atoms. The summed E-state index contributed by atoms with van der Waals surface area (Å²) < 4.78 is 7.20. The standard InChI is InChI=1S/C14H16N4O2/c19-14(12-7-4-8-20-12)15-9-13-17-16-10-18(13)11-5-2-1-3-6-11/h1-3,5-6,10,12H,4,7-9H2,(H,15,19). The minimum absolute atomic E-state index is 0.0786. The third kappa shape index (κ3) is 2.70. The number of hydrogen-bond donors (Lipinski definition) is 1. The monoisotopic (exact) mass is 272 g/mol. The van der Waals surface area contributed by atoms with Crippen LogP contribution in [0.2, 0.25) is 0 Å². The van der Waals surface area contributed by atoms with Crippen molar-refractivity contribution in [1.29, 1.82) is 0 Å². The number of ether oxygens (including phenoxy) is 1. The molecule has 0 aliphatic carbocycles. The number of nitrogens with one attached hydrogen (secondary N) is 1. The van der Waals surface area contributed by atoms with E-state index in [0.717, 1.165) is 18.5 Å². The Bertz CT molecular complexity index is 576. The fourth-order valence-corrected chi connectivity index (χ4v) is 2.25. The van der Waals surface area contributed by atoms with Crippen molar-refractivity contribution in [3.63, 3.8) is 0 Å². The number of nitrogens with zero attached hydrogens (tertiary/aromatic N) is 3. The van der Waals surface area contributed by atoms with Crippen LogP contribution < -0.4 is 5.32 Å². The predicted octanol–water partition coefficient (Wildman–Crippen LogP) is 1.06. The van der Waals surface area contributed by atoms with Gasteiger partial charge in [0.05, 0.1) is 6.54 Å². The maximum absolute atomic E-state index is 11.9. The molecule has 1 aromatic carbocycles. The molecule has 104 valence electrons. The molecule has 6 nitrogen and oxygen atoms in total. The highest BCUT2D eigenvalue weighted by molar-refractivity contribution is 5.80. The number of para-hydroxylation sites is 1. The van der Waals surface area contributed by atoms with Gasteiger partial charge in [0.25, 0.3) is 0 Å². The first kappa shape index (κ1) is 12.8. The van der Waals surface area contributed by atoms with Crippen LogP contribution in [0.4, 0.5) is 0 Å². The highest BCUT2D eigenvalue weighted by atomic mass is 16.5. The van der Waals surface area contributed by atoms with Crippen molar-refractivity contribution in [3.8, 4) is 5.69 Å². The van der Waals surface area contributed by atoms with E-state index in [1.165, 1.54) is 0 Å². The molecule has 1 aromatic heterocycles. The van der Waals surface area contributed by atoms with Crippen molar-refractivity contribution in [3.05, 3.63) is 42.5 Å². The van der Waals surface area contributed by atoms with E-state index in [-0.39, 0.29) is 12.0 Å². The SMILES string of the molecule is O=C(NCc1nncn1-c1ccccc1)C1CCCO1. The van der Waals surface area contributed by atoms with Gasteiger partial charge in [-0.3, -0.25) is 9.36 Å². The molecule has 1 fully saturated rings. The lowest BCUT2D eigenvalue weighted by molar-refractivity contribution is -0.130. The Hall–Kier alpha value is -2.21. The average molecular weight is 272 g/mol. The van der Waals surface area contributed by atoms with Crippen molar-refractivity contribution in [2.24, 2.45) is 0 Å². The highest BCUT2D eigenvalue weighted by Gasteiger charge is 2.23. The molecule has 1 aliphatic rings. The van der Waals surface area contributed by atoms with Crippen LogP contribution in [0, 0.1) is 0 Å². The first-order chi connectivity index (χ1) is 9.84. The van der Waals surface area contributed by atoms with Gasteiger partial charge >= 0.3 is 0 Å². The summed E-state index contributed by atoms with van der Waals surface area (Å²) >= 11 is 0. The number of rotatable bonds is 4. The zero-order chi connectivity index (χ0) is 13.8. The van der Waals surface area contributed by atoms with Crippen LogP contribution in [0.3, 0.4) is 0 Å². The van der Waals surface area contributed by atoms with Gasteiger partial charge in [0.1, 0.15) is 12.4 Å². The topological polar surface area (TPSA) is 69.0 Å². The number of hydrogen-bond acceptors (Lipinski definition) is 4. The zero-order valence-electron chi connectivity index (χ0n) is 11.0. The Balaban J connectivity index is 1.66. The van der Waals surface area contributed by atoms with Gasteiger partial charge in [-0.1, -0.05) is 18.2 Å². The Kier molecular flexibility index (Phi) is 3.73. The van der Waals surface area contributed by atoms with Crippen LogP contribution in [0.15, 0.2) is 36.7 Å². The van der Waals surface area contributed by atoms with Gasteiger partial charge in [-0.2, -0.15) is 0 Å². The molecule has 1 aliphatic heterocycles. The van der Waals surface area contributed by atoms with Gasteiger partial charge in [0.2, 0.25) is 5.91 Å². The van der Waals surface area contributed by atoms with Crippen LogP contribution in [0.5, 0.6) is 0 Å². The molecule has 1 N–H and O–H groups in total. The van der Waals surface area contributed by atoms with E-state index in [2.05, 4.69) is 15.5 Å². The molecule has 6 heteroatoms. The maximum Gasteiger partial charge on any atom is 0.249 e. The molecule has 0 saturated carbocycles. The van der Waals surface area contributed by atoms with Gasteiger partial charge < -0.3 is 10.1 Å². The summed E-state index contributed by atoms with van der Waals surface area (Å²) in [4.78, 5) is 11.9. The minimum Gasteiger partial charge on any atom is -0.368 e. The minimum atomic E-state index is -0.317. The lowest BCUT2D eigenvalue weighted by atomic mass is 10.2. The first-order valence-electron chi connectivity index (χ1n) is 6.68. The van der Waals surface area contributed by atoms with Gasteiger partial charge in [-0.05, 0) is 25.0 Å². The van der Waals surface area contributed by atoms with E-state index in [1.54, 1.807) is 6.33 Å². The lowest BCUT2D eigenvalue weighted by Crippen LogP contribution is -2.34. The Morgan fingerprint density at radius 2 is 2.25 bits per heavy atom. The second-order valence-electron chi connectivity index (χ2n) is 4.67. The smallest absolute Gasteiger partial charge is 0.249 e. The third-order valence-corrected chi connectivity index (χ3v) is 3.30. The highest BCUT2D eigenvalue weighted by Crippen LogP contribution is 2.12. The van der Waals surface area contributed by atoms with E-state index in [0.29, 0.717) is 19.0 Å². The van der Waals surface area contributed by atoms with Gasteiger partial charge in [-0.15, -0.1) is 10.2 Å². The molecule has 0 radical (unpaired) electrons. The van der Waals surface area contributed by atoms with Crippen molar-refractivity contribution >= 4 is 5.91 Å². The van der Waals surface area contributed by atoms with Crippen LogP contribution in [0.1, 0.15) is 18.7 Å².